The van der Waals surface area contributed by atoms with Crippen LogP contribution in [0.2, 0.25) is 0 Å². The Morgan fingerprint density at radius 1 is 0.447 bits per heavy atom. The Balaban J connectivity index is 1.47. The van der Waals surface area contributed by atoms with E-state index in [2.05, 4.69) is 162 Å². The van der Waals surface area contributed by atoms with Gasteiger partial charge in [0.15, 0.2) is 0 Å². The fourth-order valence-corrected chi connectivity index (χ4v) is 7.58. The maximum Gasteiger partial charge on any atom is 0.235 e. The zero-order chi connectivity index (χ0) is 31.1. The molecule has 4 nitrogen and oxygen atoms in total. The topological polar surface area (TPSA) is 35.6 Å². The lowest BCUT2D eigenvalue weighted by Gasteiger charge is -2.14. The Bertz CT molecular complexity index is 2840. The van der Waals surface area contributed by atoms with E-state index in [1.165, 1.54) is 48.9 Å². The van der Waals surface area contributed by atoms with Gasteiger partial charge in [0.05, 0.1) is 33.3 Å². The van der Waals surface area contributed by atoms with Gasteiger partial charge >= 0.3 is 0 Å². The lowest BCUT2D eigenvalue weighted by molar-refractivity contribution is 1.02. The van der Waals surface area contributed by atoms with Crippen molar-refractivity contribution in [2.45, 2.75) is 6.92 Å². The van der Waals surface area contributed by atoms with Gasteiger partial charge in [-0.2, -0.15) is 0 Å². The predicted molar refractivity (Wildman–Crippen MR) is 196 cm³/mol. The van der Waals surface area contributed by atoms with Crippen molar-refractivity contribution in [3.05, 3.63) is 157 Å². The summed E-state index contributed by atoms with van der Waals surface area (Å²) in [6, 6.07) is 53.9. The first-order valence-electron chi connectivity index (χ1n) is 16.0. The zero-order valence-electron chi connectivity index (χ0n) is 25.7. The average molecular weight is 601 g/mol. The second kappa shape index (κ2) is 9.87. The van der Waals surface area contributed by atoms with E-state index in [1.807, 2.05) is 6.07 Å². The number of nitrogens with zero attached hydrogens (tertiary/aromatic N) is 4. The summed E-state index contributed by atoms with van der Waals surface area (Å²) in [7, 11) is 0. The number of hydrogen-bond acceptors (Lipinski definition) is 2. The molecule has 4 heteroatoms. The van der Waals surface area contributed by atoms with Gasteiger partial charge in [-0.05, 0) is 42.8 Å². The van der Waals surface area contributed by atoms with Crippen molar-refractivity contribution in [1.29, 1.82) is 0 Å². The minimum absolute atomic E-state index is 0.671. The van der Waals surface area contributed by atoms with Crippen molar-refractivity contribution >= 4 is 65.3 Å². The molecule has 3 heterocycles. The van der Waals surface area contributed by atoms with Gasteiger partial charge in [0.1, 0.15) is 0 Å². The summed E-state index contributed by atoms with van der Waals surface area (Å²) in [5.41, 5.74) is 9.89. The van der Waals surface area contributed by atoms with Crippen LogP contribution in [0.3, 0.4) is 0 Å². The second-order valence-corrected chi connectivity index (χ2v) is 12.3. The highest BCUT2D eigenvalue weighted by Gasteiger charge is 2.25. The van der Waals surface area contributed by atoms with Crippen LogP contribution in [-0.4, -0.2) is 19.1 Å². The smallest absolute Gasteiger partial charge is 0.235 e. The lowest BCUT2D eigenvalue weighted by atomic mass is 9.99. The summed E-state index contributed by atoms with van der Waals surface area (Å²) in [5, 5.41) is 8.29. The van der Waals surface area contributed by atoms with Gasteiger partial charge in [0.2, 0.25) is 5.95 Å². The number of rotatable bonds is 3. The molecular weight excluding hydrogens is 573 g/mol. The summed E-state index contributed by atoms with van der Waals surface area (Å²) in [5.74, 6) is 0.671. The highest BCUT2D eigenvalue weighted by Crippen LogP contribution is 2.47. The zero-order valence-corrected chi connectivity index (χ0v) is 25.7. The van der Waals surface area contributed by atoms with Gasteiger partial charge in [0, 0.05) is 49.0 Å². The van der Waals surface area contributed by atoms with Gasteiger partial charge < -0.3 is 4.57 Å². The number of para-hydroxylation sites is 3. The molecule has 10 rings (SSSR count). The van der Waals surface area contributed by atoms with E-state index < -0.39 is 0 Å². The third kappa shape index (κ3) is 3.70. The van der Waals surface area contributed by atoms with Gasteiger partial charge in [-0.25, -0.2) is 9.97 Å². The third-order valence-electron chi connectivity index (χ3n) is 9.54. The van der Waals surface area contributed by atoms with Gasteiger partial charge in [-0.15, -0.1) is 0 Å². The van der Waals surface area contributed by atoms with E-state index in [9.17, 15) is 0 Å². The SMILES string of the molecule is Cc1ccc2c3c4c5ccccc5n(-c5ccccc5)c4c4ccccc4c3n(-c3nc(-c4ccccc4)c4ccccc4n3)c2c1. The minimum Gasteiger partial charge on any atom is -0.309 e. The molecule has 0 aliphatic carbocycles. The Hall–Kier alpha value is -6.26. The maximum absolute atomic E-state index is 5.39. The fourth-order valence-electron chi connectivity index (χ4n) is 7.58. The summed E-state index contributed by atoms with van der Waals surface area (Å²) < 4.78 is 4.75. The summed E-state index contributed by atoms with van der Waals surface area (Å²) >= 11 is 0. The molecule has 0 atom stereocenters. The van der Waals surface area contributed by atoms with Crippen molar-refractivity contribution in [3.63, 3.8) is 0 Å². The Labute approximate surface area is 270 Å². The molecule has 0 aliphatic rings. The molecule has 0 radical (unpaired) electrons. The molecule has 0 fully saturated rings. The molecule has 220 valence electrons. The molecule has 0 saturated heterocycles. The van der Waals surface area contributed by atoms with Crippen LogP contribution >= 0.6 is 0 Å². The maximum atomic E-state index is 5.39. The van der Waals surface area contributed by atoms with E-state index in [0.29, 0.717) is 5.95 Å². The molecule has 7 aromatic carbocycles. The molecule has 0 saturated carbocycles. The van der Waals surface area contributed by atoms with E-state index in [0.717, 1.165) is 38.9 Å². The van der Waals surface area contributed by atoms with Gasteiger partial charge in [-0.1, -0.05) is 121 Å². The van der Waals surface area contributed by atoms with Crippen LogP contribution in [0.5, 0.6) is 0 Å². The highest BCUT2D eigenvalue weighted by atomic mass is 15.2. The van der Waals surface area contributed by atoms with Crippen LogP contribution in [0.1, 0.15) is 5.56 Å². The van der Waals surface area contributed by atoms with Crippen molar-refractivity contribution in [1.82, 2.24) is 19.1 Å². The minimum atomic E-state index is 0.671. The van der Waals surface area contributed by atoms with Gasteiger partial charge in [0.25, 0.3) is 0 Å². The number of hydrogen-bond donors (Lipinski definition) is 0. The Morgan fingerprint density at radius 2 is 1.02 bits per heavy atom. The van der Waals surface area contributed by atoms with E-state index in [1.54, 1.807) is 0 Å². The molecule has 0 N–H and O–H groups in total. The molecule has 0 aliphatic heterocycles. The van der Waals surface area contributed by atoms with Crippen molar-refractivity contribution < 1.29 is 0 Å². The third-order valence-corrected chi connectivity index (χ3v) is 9.54. The van der Waals surface area contributed by atoms with Crippen LogP contribution in [0, 0.1) is 6.92 Å². The monoisotopic (exact) mass is 600 g/mol. The first-order valence-corrected chi connectivity index (χ1v) is 16.0. The van der Waals surface area contributed by atoms with Crippen LogP contribution in [0.25, 0.3) is 88.2 Å². The number of aryl methyl sites for hydroxylation is 1. The molecule has 0 bridgehead atoms. The Kier molecular flexibility index (Phi) is 5.46. The second-order valence-electron chi connectivity index (χ2n) is 12.3. The first-order chi connectivity index (χ1) is 23.3. The van der Waals surface area contributed by atoms with E-state index in [-0.39, 0.29) is 0 Å². The van der Waals surface area contributed by atoms with Gasteiger partial charge in [-0.3, -0.25) is 4.57 Å². The fraction of sp³-hybridized carbons (Fsp3) is 0.0233. The molecule has 3 aromatic heterocycles. The predicted octanol–water partition coefficient (Wildman–Crippen LogP) is 11.0. The average Bonchev–Trinajstić information content (AvgIpc) is 3.65. The van der Waals surface area contributed by atoms with Crippen LogP contribution in [-0.2, 0) is 0 Å². The molecule has 0 spiro atoms. The van der Waals surface area contributed by atoms with Crippen molar-refractivity contribution in [2.24, 2.45) is 0 Å². The molecule has 47 heavy (non-hydrogen) atoms. The molecule has 0 amide bonds. The van der Waals surface area contributed by atoms with Crippen LogP contribution < -0.4 is 0 Å². The largest absolute Gasteiger partial charge is 0.309 e. The lowest BCUT2D eigenvalue weighted by Crippen LogP contribution is -2.04. The van der Waals surface area contributed by atoms with E-state index in [4.69, 9.17) is 9.97 Å². The van der Waals surface area contributed by atoms with Crippen molar-refractivity contribution in [3.8, 4) is 22.9 Å². The highest BCUT2D eigenvalue weighted by molar-refractivity contribution is 6.37. The summed E-state index contributed by atoms with van der Waals surface area (Å²) in [4.78, 5) is 10.7. The number of fused-ring (bicyclic) bond motifs is 11. The molecular formula is C43H28N4. The standard InChI is InChI=1S/C43H28N4/c1-27-24-25-34-37(26-27)47(43-44-35-22-12-10-20-32(35)40(45-43)28-14-4-2-5-15-28)42-31-19-9-8-18-30(31)41-38(39(34)42)33-21-11-13-23-36(33)46(41)29-16-6-3-7-17-29/h2-26H,1H3. The first kappa shape index (κ1) is 26.0. The normalized spacial score (nSPS) is 11.9. The van der Waals surface area contributed by atoms with Crippen LogP contribution in [0.15, 0.2) is 152 Å². The number of aromatic nitrogens is 4. The molecule has 10 aromatic rings. The number of benzene rings is 7. The summed E-state index contributed by atoms with van der Waals surface area (Å²) in [6.07, 6.45) is 0. The Morgan fingerprint density at radius 3 is 1.77 bits per heavy atom. The van der Waals surface area contributed by atoms with E-state index >= 15 is 0 Å². The quantitative estimate of drug-likeness (QED) is 0.202. The van der Waals surface area contributed by atoms with Crippen molar-refractivity contribution in [2.75, 3.05) is 0 Å². The summed E-state index contributed by atoms with van der Waals surface area (Å²) in [6.45, 7) is 2.16. The van der Waals surface area contributed by atoms with Crippen LogP contribution in [0.4, 0.5) is 0 Å². The molecule has 0 unspecified atom stereocenters.